The normalized spacial score (nSPS) is 11.5. The highest BCUT2D eigenvalue weighted by atomic mass is 35.5. The van der Waals surface area contributed by atoms with E-state index in [0.29, 0.717) is 69.9 Å². The van der Waals surface area contributed by atoms with E-state index in [0.717, 1.165) is 11.1 Å². The zero-order valence-corrected chi connectivity index (χ0v) is 25.7. The van der Waals surface area contributed by atoms with Crippen molar-refractivity contribution in [1.82, 2.24) is 15.2 Å². The van der Waals surface area contributed by atoms with Gasteiger partial charge in [0.25, 0.3) is 0 Å². The third kappa shape index (κ3) is 7.43. The van der Waals surface area contributed by atoms with Crippen LogP contribution in [0.4, 0.5) is 5.69 Å². The van der Waals surface area contributed by atoms with Crippen molar-refractivity contribution >= 4 is 35.0 Å². The van der Waals surface area contributed by atoms with Gasteiger partial charge in [-0.15, -0.1) is 10.2 Å². The van der Waals surface area contributed by atoms with Crippen LogP contribution in [0.1, 0.15) is 27.2 Å². The molecule has 220 valence electrons. The molecule has 0 fully saturated rings. The van der Waals surface area contributed by atoms with Crippen molar-refractivity contribution in [2.45, 2.75) is 37.6 Å². The zero-order valence-electron chi connectivity index (χ0n) is 24.1. The number of benzene rings is 3. The van der Waals surface area contributed by atoms with Crippen molar-refractivity contribution in [1.29, 1.82) is 0 Å². The standard InChI is InChI=1S/C31H33ClN4O5S/c1-6-27(30(37)33-22-11-9-10-21(32)18-22)42-31-34-28(19-12-14-23(40-7-2)25(16-19)38-4)29(35-36-31)20-13-15-24(41-8-3)26(17-20)39-5/h9-18,27H,6-8H2,1-5H3,(H,33,37)/t27-/m1/s1. The lowest BCUT2D eigenvalue weighted by Crippen LogP contribution is -2.25. The summed E-state index contributed by atoms with van der Waals surface area (Å²) in [5, 5.41) is 12.3. The number of methoxy groups -OCH3 is 2. The Morgan fingerprint density at radius 3 is 2.00 bits per heavy atom. The van der Waals surface area contributed by atoms with Crippen LogP contribution >= 0.6 is 23.4 Å². The van der Waals surface area contributed by atoms with Gasteiger partial charge in [0.1, 0.15) is 11.4 Å². The number of carbonyl (C=O) groups excluding carboxylic acids is 1. The van der Waals surface area contributed by atoms with E-state index < -0.39 is 5.25 Å². The molecule has 11 heteroatoms. The second kappa shape index (κ2) is 14.7. The molecule has 0 spiro atoms. The lowest BCUT2D eigenvalue weighted by atomic mass is 10.0. The van der Waals surface area contributed by atoms with Gasteiger partial charge < -0.3 is 24.3 Å². The summed E-state index contributed by atoms with van der Waals surface area (Å²) < 4.78 is 22.6. The molecule has 0 saturated heterocycles. The van der Waals surface area contributed by atoms with E-state index in [9.17, 15) is 4.79 Å². The smallest absolute Gasteiger partial charge is 0.237 e. The minimum absolute atomic E-state index is 0.182. The molecule has 1 amide bonds. The fourth-order valence-corrected chi connectivity index (χ4v) is 5.18. The fraction of sp³-hybridized carbons (Fsp3) is 0.290. The van der Waals surface area contributed by atoms with Crippen molar-refractivity contribution in [3.05, 3.63) is 65.7 Å². The van der Waals surface area contributed by atoms with Crippen LogP contribution < -0.4 is 24.3 Å². The van der Waals surface area contributed by atoms with Gasteiger partial charge in [-0.2, -0.15) is 0 Å². The summed E-state index contributed by atoms with van der Waals surface area (Å²) in [5.74, 6) is 2.18. The second-order valence-electron chi connectivity index (χ2n) is 8.90. The quantitative estimate of drug-likeness (QED) is 0.158. The fourth-order valence-electron chi connectivity index (χ4n) is 4.17. The minimum Gasteiger partial charge on any atom is -0.493 e. The summed E-state index contributed by atoms with van der Waals surface area (Å²) in [6.45, 7) is 6.76. The number of carbonyl (C=O) groups is 1. The largest absolute Gasteiger partial charge is 0.493 e. The lowest BCUT2D eigenvalue weighted by Gasteiger charge is -2.16. The number of nitrogens with one attached hydrogen (secondary N) is 1. The molecule has 1 heterocycles. The third-order valence-corrected chi connectivity index (χ3v) is 7.59. The van der Waals surface area contributed by atoms with Crippen molar-refractivity contribution in [2.75, 3.05) is 32.8 Å². The van der Waals surface area contributed by atoms with E-state index in [1.807, 2.05) is 57.2 Å². The molecule has 4 aromatic rings. The van der Waals surface area contributed by atoms with Crippen LogP contribution in [0.5, 0.6) is 23.0 Å². The van der Waals surface area contributed by atoms with Crippen LogP contribution in [0, 0.1) is 0 Å². The average Bonchev–Trinajstić information content (AvgIpc) is 3.00. The van der Waals surface area contributed by atoms with Crippen LogP contribution in [0.3, 0.4) is 0 Å². The third-order valence-electron chi connectivity index (χ3n) is 6.14. The Labute approximate surface area is 254 Å². The highest BCUT2D eigenvalue weighted by Gasteiger charge is 2.23. The van der Waals surface area contributed by atoms with Gasteiger partial charge in [0.05, 0.1) is 32.7 Å². The number of ether oxygens (including phenoxy) is 4. The number of halogens is 1. The van der Waals surface area contributed by atoms with E-state index in [-0.39, 0.29) is 5.91 Å². The number of amides is 1. The highest BCUT2D eigenvalue weighted by Crippen LogP contribution is 2.39. The van der Waals surface area contributed by atoms with E-state index in [4.69, 9.17) is 35.5 Å². The summed E-state index contributed by atoms with van der Waals surface area (Å²) in [4.78, 5) is 18.0. The van der Waals surface area contributed by atoms with Gasteiger partial charge in [-0.25, -0.2) is 4.98 Å². The molecule has 0 saturated carbocycles. The SMILES string of the molecule is CCOc1ccc(-c2nnc(S[C@H](CC)C(=O)Nc3cccc(Cl)c3)nc2-c2ccc(OCC)c(OC)c2)cc1OC. The van der Waals surface area contributed by atoms with Gasteiger partial charge in [-0.3, -0.25) is 4.79 Å². The first kappa shape index (κ1) is 30.9. The first-order chi connectivity index (χ1) is 20.4. The molecule has 1 N–H and O–H groups in total. The molecular formula is C31H33ClN4O5S. The monoisotopic (exact) mass is 608 g/mol. The summed E-state index contributed by atoms with van der Waals surface area (Å²) >= 11 is 7.33. The van der Waals surface area contributed by atoms with Gasteiger partial charge in [-0.1, -0.05) is 36.4 Å². The van der Waals surface area contributed by atoms with Crippen molar-refractivity contribution in [3.8, 4) is 45.5 Å². The predicted molar refractivity (Wildman–Crippen MR) is 166 cm³/mol. The summed E-state index contributed by atoms with van der Waals surface area (Å²) in [6.07, 6.45) is 0.546. The van der Waals surface area contributed by atoms with Crippen LogP contribution in [-0.4, -0.2) is 53.8 Å². The molecule has 0 bridgehead atoms. The van der Waals surface area contributed by atoms with Crippen LogP contribution in [0.15, 0.2) is 65.8 Å². The van der Waals surface area contributed by atoms with Gasteiger partial charge in [-0.05, 0) is 74.9 Å². The molecule has 4 rings (SSSR count). The Bertz CT molecular complexity index is 1540. The number of rotatable bonds is 13. The van der Waals surface area contributed by atoms with Gasteiger partial charge in [0, 0.05) is 21.8 Å². The molecule has 0 aliphatic carbocycles. The van der Waals surface area contributed by atoms with Gasteiger partial charge in [0.2, 0.25) is 11.1 Å². The highest BCUT2D eigenvalue weighted by molar-refractivity contribution is 8.00. The maximum Gasteiger partial charge on any atom is 0.237 e. The van der Waals surface area contributed by atoms with Crippen molar-refractivity contribution in [3.63, 3.8) is 0 Å². The first-order valence-corrected chi connectivity index (χ1v) is 14.8. The number of hydrogen-bond donors (Lipinski definition) is 1. The number of hydrogen-bond acceptors (Lipinski definition) is 9. The van der Waals surface area contributed by atoms with E-state index >= 15 is 0 Å². The molecule has 3 aromatic carbocycles. The lowest BCUT2D eigenvalue weighted by molar-refractivity contribution is -0.115. The molecule has 42 heavy (non-hydrogen) atoms. The molecule has 9 nitrogen and oxygen atoms in total. The summed E-state index contributed by atoms with van der Waals surface area (Å²) in [5.41, 5.74) is 3.19. The van der Waals surface area contributed by atoms with Crippen LogP contribution in [-0.2, 0) is 4.79 Å². The Hall–Kier alpha value is -4.02. The number of anilines is 1. The van der Waals surface area contributed by atoms with Crippen molar-refractivity contribution < 1.29 is 23.7 Å². The average molecular weight is 609 g/mol. The Kier molecular flexibility index (Phi) is 10.9. The number of nitrogens with zero attached hydrogens (tertiary/aromatic N) is 3. The van der Waals surface area contributed by atoms with Crippen molar-refractivity contribution in [2.24, 2.45) is 0 Å². The maximum atomic E-state index is 13.1. The van der Waals surface area contributed by atoms with E-state index in [2.05, 4.69) is 15.5 Å². The number of thioether (sulfide) groups is 1. The molecule has 0 unspecified atom stereocenters. The Morgan fingerprint density at radius 1 is 0.833 bits per heavy atom. The van der Waals surface area contributed by atoms with E-state index in [1.54, 1.807) is 38.5 Å². The molecule has 0 aliphatic rings. The van der Waals surface area contributed by atoms with Gasteiger partial charge in [0.15, 0.2) is 23.0 Å². The predicted octanol–water partition coefficient (Wildman–Crippen LogP) is 7.18. The van der Waals surface area contributed by atoms with E-state index in [1.165, 1.54) is 11.8 Å². The maximum absolute atomic E-state index is 13.1. The second-order valence-corrected chi connectivity index (χ2v) is 10.5. The van der Waals surface area contributed by atoms with Crippen LogP contribution in [0.25, 0.3) is 22.5 Å². The molecule has 0 radical (unpaired) electrons. The zero-order chi connectivity index (χ0) is 30.1. The molecular weight excluding hydrogens is 576 g/mol. The topological polar surface area (TPSA) is 105 Å². The summed E-state index contributed by atoms with van der Waals surface area (Å²) in [6, 6.07) is 18.2. The van der Waals surface area contributed by atoms with Crippen LogP contribution in [0.2, 0.25) is 5.02 Å². The molecule has 0 aliphatic heterocycles. The first-order valence-electron chi connectivity index (χ1n) is 13.5. The molecule has 1 aromatic heterocycles. The molecule has 1 atom stereocenters. The number of aromatic nitrogens is 3. The Balaban J connectivity index is 1.75. The Morgan fingerprint density at radius 2 is 1.45 bits per heavy atom. The minimum atomic E-state index is -0.468. The van der Waals surface area contributed by atoms with Gasteiger partial charge >= 0.3 is 0 Å². The summed E-state index contributed by atoms with van der Waals surface area (Å²) in [7, 11) is 3.17.